The molecule has 0 aromatic heterocycles. The molecule has 7 rings (SSSR count). The number of Topliss-reactive ketones (excluding diaryl/α,β-unsaturated/α-hetero) is 2. The number of likely N-dealkylation sites (tertiary alicyclic amines) is 2. The lowest BCUT2D eigenvalue weighted by Gasteiger charge is -2.36. The van der Waals surface area contributed by atoms with Gasteiger partial charge in [0.05, 0.1) is 24.2 Å². The number of likely N-dealkylation sites (N-methyl/N-ethyl adjacent to an activating group) is 2. The Kier molecular flexibility index (Phi) is 19.8. The van der Waals surface area contributed by atoms with Crippen LogP contribution in [0.15, 0.2) is 72.8 Å². The summed E-state index contributed by atoms with van der Waals surface area (Å²) in [7, 11) is 3.35. The van der Waals surface area contributed by atoms with Gasteiger partial charge in [0.15, 0.2) is 11.6 Å². The lowest BCUT2D eigenvalue weighted by atomic mass is 9.85. The van der Waals surface area contributed by atoms with Gasteiger partial charge in [-0.1, -0.05) is 100 Å². The van der Waals surface area contributed by atoms with E-state index in [-0.39, 0.29) is 90.8 Å². The normalized spacial score (nSPS) is 21.8. The molecule has 3 aromatic rings. The first kappa shape index (κ1) is 57.4. The van der Waals surface area contributed by atoms with E-state index in [4.69, 9.17) is 0 Å². The molecular formula is C60H82N8O8. The molecule has 2 fully saturated rings. The minimum absolute atomic E-state index is 0.0439. The van der Waals surface area contributed by atoms with Crippen molar-refractivity contribution in [2.75, 3.05) is 27.2 Å². The summed E-state index contributed by atoms with van der Waals surface area (Å²) in [5, 5.41) is 18.2. The highest BCUT2D eigenvalue weighted by Gasteiger charge is 2.46. The summed E-state index contributed by atoms with van der Waals surface area (Å²) in [6, 6.07) is 18.2. The number of benzene rings is 3. The number of hydrogen-bond donors (Lipinski definition) is 6. The average molecular weight is 1040 g/mol. The van der Waals surface area contributed by atoms with Crippen molar-refractivity contribution >= 4 is 47.0 Å². The van der Waals surface area contributed by atoms with E-state index >= 15 is 0 Å². The van der Waals surface area contributed by atoms with Gasteiger partial charge in [0.1, 0.15) is 24.2 Å². The van der Waals surface area contributed by atoms with Gasteiger partial charge in [-0.3, -0.25) is 38.4 Å². The van der Waals surface area contributed by atoms with Crippen LogP contribution in [0, 0.1) is 11.3 Å². The lowest BCUT2D eigenvalue weighted by molar-refractivity contribution is -0.144. The van der Waals surface area contributed by atoms with E-state index in [0.29, 0.717) is 56.2 Å². The van der Waals surface area contributed by atoms with Crippen molar-refractivity contribution in [1.29, 1.82) is 0 Å². The Morgan fingerprint density at radius 1 is 0.618 bits per heavy atom. The zero-order chi connectivity index (χ0) is 54.7. The van der Waals surface area contributed by atoms with Gasteiger partial charge in [0.2, 0.25) is 35.4 Å². The Bertz CT molecular complexity index is 2590. The fourth-order valence-electron chi connectivity index (χ4n) is 11.5. The average Bonchev–Trinajstić information content (AvgIpc) is 4.09. The molecular weight excluding hydrogens is 961 g/mol. The molecule has 16 heteroatoms. The van der Waals surface area contributed by atoms with E-state index in [2.05, 4.69) is 50.1 Å². The number of nitrogens with one attached hydrogen (secondary N) is 6. The molecule has 76 heavy (non-hydrogen) atoms. The van der Waals surface area contributed by atoms with Crippen LogP contribution in [-0.4, -0.2) is 120 Å². The van der Waals surface area contributed by atoms with Crippen molar-refractivity contribution in [2.45, 2.75) is 179 Å². The predicted molar refractivity (Wildman–Crippen MR) is 292 cm³/mol. The van der Waals surface area contributed by atoms with Crippen molar-refractivity contribution in [3.8, 4) is 0 Å². The first-order valence-electron chi connectivity index (χ1n) is 27.9. The smallest absolute Gasteiger partial charge is 0.246 e. The molecule has 6 N–H and O–H groups in total. The van der Waals surface area contributed by atoms with Crippen LogP contribution < -0.4 is 31.9 Å². The molecule has 0 radical (unpaired) electrons. The maximum atomic E-state index is 14.6. The molecule has 0 bridgehead atoms. The Labute approximate surface area is 449 Å². The van der Waals surface area contributed by atoms with Gasteiger partial charge in [-0.25, -0.2) is 0 Å². The number of carbonyl (C=O) groups is 8. The number of unbranched alkanes of at least 4 members (excludes halogenated alkanes) is 2. The van der Waals surface area contributed by atoms with Crippen LogP contribution in [0.3, 0.4) is 0 Å². The molecule has 410 valence electrons. The summed E-state index contributed by atoms with van der Waals surface area (Å²) in [4.78, 5) is 114. The number of hydrogen-bond acceptors (Lipinski definition) is 10. The first-order valence-corrected chi connectivity index (χ1v) is 27.9. The Morgan fingerprint density at radius 2 is 1.18 bits per heavy atom. The number of nitrogens with zero attached hydrogens (tertiary/aromatic N) is 2. The van der Waals surface area contributed by atoms with Gasteiger partial charge in [-0.05, 0) is 138 Å². The van der Waals surface area contributed by atoms with E-state index in [1.165, 1.54) is 11.1 Å². The number of fused-ring (bicyclic) bond motifs is 2. The van der Waals surface area contributed by atoms with Crippen molar-refractivity contribution in [1.82, 2.24) is 41.7 Å². The fourth-order valence-corrected chi connectivity index (χ4v) is 11.5. The standard InChI is InChI=1S/C60H82N8O8/c1-37(61-6)54(71)65-48(58(75)67-32-18-30-49(67)56(73)63-46-28-16-21-40-19-11-13-25-44(40)46)27-9-8-10-31-51(69)42-23-15-24-43(35-42)52(70)34-39-33-50(57(74)64-47-29-17-22-41-20-12-14-26-45(41)47)68(36-39)59(76)53(60(3,4)5)66-55(72)38(2)62-7/h11-15,19-20,23-26,35,37-39,46-50,53,61-62H,8-10,16-18,21-22,27-34,36H2,1-7H3,(H,63,73)(H,64,74)(H,65,71)(H,66,72)/t37-,38-,39+,46+,47+,48-,49-,50-,53+/m0/s1. The summed E-state index contributed by atoms with van der Waals surface area (Å²) in [5.41, 5.74) is 4.67. The van der Waals surface area contributed by atoms with E-state index in [9.17, 15) is 38.4 Å². The number of carbonyl (C=O) groups excluding carboxylic acids is 8. The third-order valence-electron chi connectivity index (χ3n) is 16.2. The largest absolute Gasteiger partial charge is 0.347 e. The zero-order valence-electron chi connectivity index (χ0n) is 45.8. The maximum Gasteiger partial charge on any atom is 0.246 e. The van der Waals surface area contributed by atoms with Crippen molar-refractivity contribution < 1.29 is 38.4 Å². The minimum Gasteiger partial charge on any atom is -0.347 e. The van der Waals surface area contributed by atoms with Crippen LogP contribution in [0.25, 0.3) is 0 Å². The summed E-state index contributed by atoms with van der Waals surface area (Å²) in [5.74, 6) is -2.50. The van der Waals surface area contributed by atoms with Crippen LogP contribution in [0.1, 0.15) is 173 Å². The van der Waals surface area contributed by atoms with Crippen molar-refractivity contribution in [3.05, 3.63) is 106 Å². The van der Waals surface area contributed by atoms with Gasteiger partial charge in [0, 0.05) is 37.1 Å². The summed E-state index contributed by atoms with van der Waals surface area (Å²) in [6.45, 7) is 9.61. The van der Waals surface area contributed by atoms with E-state index < -0.39 is 41.7 Å². The predicted octanol–water partition coefficient (Wildman–Crippen LogP) is 6.22. The lowest BCUT2D eigenvalue weighted by Crippen LogP contribution is -2.59. The second kappa shape index (κ2) is 26.2. The molecule has 9 atom stereocenters. The fraction of sp³-hybridized carbons (Fsp3) is 0.567. The maximum absolute atomic E-state index is 14.6. The first-order chi connectivity index (χ1) is 36.4. The van der Waals surface area contributed by atoms with E-state index in [1.54, 1.807) is 62.0 Å². The zero-order valence-corrected chi connectivity index (χ0v) is 45.8. The quantitative estimate of drug-likeness (QED) is 0.0494. The molecule has 2 saturated heterocycles. The molecule has 3 aromatic carbocycles. The highest BCUT2D eigenvalue weighted by molar-refractivity contribution is 6.02. The van der Waals surface area contributed by atoms with E-state index in [0.717, 1.165) is 49.7 Å². The van der Waals surface area contributed by atoms with E-state index in [1.807, 2.05) is 51.1 Å². The van der Waals surface area contributed by atoms with Crippen molar-refractivity contribution in [2.24, 2.45) is 11.3 Å². The van der Waals surface area contributed by atoms with Crippen LogP contribution >= 0.6 is 0 Å². The molecule has 2 aliphatic carbocycles. The number of amides is 6. The monoisotopic (exact) mass is 1040 g/mol. The molecule has 0 unspecified atom stereocenters. The third kappa shape index (κ3) is 14.2. The molecule has 16 nitrogen and oxygen atoms in total. The van der Waals surface area contributed by atoms with Gasteiger partial charge in [-0.2, -0.15) is 0 Å². The highest BCUT2D eigenvalue weighted by Crippen LogP contribution is 2.35. The van der Waals surface area contributed by atoms with Crippen LogP contribution in [-0.2, 0) is 41.6 Å². The van der Waals surface area contributed by atoms with Crippen molar-refractivity contribution in [3.63, 3.8) is 0 Å². The Hall–Kier alpha value is -6.26. The SMILES string of the molecule is CN[C@@H](C)C(=O)N[C@@H](CCCCCC(=O)c1cccc(C(=O)C[C@H]2C[C@@H](C(=O)N[C@@H]3CCCc4ccccc43)N(C(=O)[C@@H](NC(=O)[C@H](C)NC)C(C)(C)C)C2)c1)C(=O)N1CCC[C@H]1C(=O)N[C@@H]1CCCc2ccccc21. The van der Waals surface area contributed by atoms with Crippen LogP contribution in [0.2, 0.25) is 0 Å². The Balaban J connectivity index is 0.961. The summed E-state index contributed by atoms with van der Waals surface area (Å²) < 4.78 is 0. The van der Waals surface area contributed by atoms with Gasteiger partial charge in [0.25, 0.3) is 0 Å². The van der Waals surface area contributed by atoms with Crippen LogP contribution in [0.4, 0.5) is 0 Å². The second-order valence-electron chi connectivity index (χ2n) is 22.7. The number of aryl methyl sites for hydroxylation is 2. The topological polar surface area (TPSA) is 215 Å². The van der Waals surface area contributed by atoms with Gasteiger partial charge < -0.3 is 41.7 Å². The minimum atomic E-state index is -0.941. The summed E-state index contributed by atoms with van der Waals surface area (Å²) in [6.07, 6.45) is 9.11. The third-order valence-corrected chi connectivity index (χ3v) is 16.2. The molecule has 2 heterocycles. The van der Waals surface area contributed by atoms with Gasteiger partial charge >= 0.3 is 0 Å². The number of ketones is 2. The Morgan fingerprint density at radius 3 is 1.78 bits per heavy atom. The molecule has 4 aliphatic rings. The summed E-state index contributed by atoms with van der Waals surface area (Å²) >= 11 is 0. The molecule has 2 aliphatic heterocycles. The molecule has 6 amide bonds. The molecule has 0 spiro atoms. The van der Waals surface area contributed by atoms with Gasteiger partial charge in [-0.15, -0.1) is 0 Å². The molecule has 0 saturated carbocycles. The van der Waals surface area contributed by atoms with Crippen LogP contribution in [0.5, 0.6) is 0 Å². The number of rotatable bonds is 22. The second-order valence-corrected chi connectivity index (χ2v) is 22.7. The highest BCUT2D eigenvalue weighted by atomic mass is 16.2.